The van der Waals surface area contributed by atoms with Gasteiger partial charge in [-0.15, -0.1) is 5.10 Å². The predicted octanol–water partition coefficient (Wildman–Crippen LogP) is 2.81. The number of hydrogen-bond acceptors (Lipinski definition) is 8. The van der Waals surface area contributed by atoms with Crippen molar-refractivity contribution >= 4 is 5.91 Å². The monoisotopic (exact) mass is 430 g/mol. The van der Waals surface area contributed by atoms with E-state index >= 15 is 0 Å². The SMILES string of the molecule is O=C(c1ccc2c(c1)OCO2)N1CC[C@@H](n2cc(-c3nc(-c4ccccc4)no3)nn2)C1. The fourth-order valence-electron chi connectivity index (χ4n) is 3.94. The normalized spacial score (nSPS) is 17.1. The number of fused-ring (bicyclic) bond motifs is 1. The molecule has 0 saturated carbocycles. The third-order valence-electron chi connectivity index (χ3n) is 5.63. The van der Waals surface area contributed by atoms with E-state index < -0.39 is 0 Å². The molecule has 0 spiro atoms. The van der Waals surface area contributed by atoms with E-state index in [0.29, 0.717) is 47.6 Å². The summed E-state index contributed by atoms with van der Waals surface area (Å²) < 4.78 is 17.8. The molecule has 4 heterocycles. The van der Waals surface area contributed by atoms with Gasteiger partial charge in [0.05, 0.1) is 12.2 Å². The Morgan fingerprint density at radius 3 is 2.84 bits per heavy atom. The van der Waals surface area contributed by atoms with Crippen LogP contribution in [-0.2, 0) is 0 Å². The molecular formula is C22H18N6O4. The van der Waals surface area contributed by atoms with Gasteiger partial charge in [-0.05, 0) is 24.6 Å². The van der Waals surface area contributed by atoms with E-state index in [1.54, 1.807) is 29.1 Å². The van der Waals surface area contributed by atoms with Crippen molar-refractivity contribution in [2.24, 2.45) is 0 Å². The zero-order chi connectivity index (χ0) is 21.5. The Labute approximate surface area is 182 Å². The molecule has 0 radical (unpaired) electrons. The number of hydrogen-bond donors (Lipinski definition) is 0. The number of carbonyl (C=O) groups is 1. The molecule has 10 nitrogen and oxygen atoms in total. The Hall–Kier alpha value is -4.21. The lowest BCUT2D eigenvalue weighted by molar-refractivity contribution is 0.0786. The highest BCUT2D eigenvalue weighted by atomic mass is 16.7. The topological polar surface area (TPSA) is 108 Å². The second-order valence-corrected chi connectivity index (χ2v) is 7.63. The van der Waals surface area contributed by atoms with Crippen LogP contribution in [0.4, 0.5) is 0 Å². The van der Waals surface area contributed by atoms with E-state index in [-0.39, 0.29) is 18.7 Å². The molecule has 1 atom stereocenters. The molecule has 0 bridgehead atoms. The molecule has 0 N–H and O–H groups in total. The van der Waals surface area contributed by atoms with Crippen LogP contribution in [0.2, 0.25) is 0 Å². The minimum atomic E-state index is -0.0458. The molecule has 32 heavy (non-hydrogen) atoms. The van der Waals surface area contributed by atoms with Crippen molar-refractivity contribution in [3.8, 4) is 34.5 Å². The van der Waals surface area contributed by atoms with Gasteiger partial charge in [-0.1, -0.05) is 40.7 Å². The van der Waals surface area contributed by atoms with Gasteiger partial charge in [0.2, 0.25) is 12.6 Å². The predicted molar refractivity (Wildman–Crippen MR) is 111 cm³/mol. The van der Waals surface area contributed by atoms with Crippen LogP contribution >= 0.6 is 0 Å². The maximum atomic E-state index is 12.9. The summed E-state index contributed by atoms with van der Waals surface area (Å²) in [6.45, 7) is 1.35. The van der Waals surface area contributed by atoms with E-state index in [2.05, 4.69) is 20.5 Å². The van der Waals surface area contributed by atoms with E-state index in [1.807, 2.05) is 35.2 Å². The van der Waals surface area contributed by atoms with Gasteiger partial charge in [0.25, 0.3) is 11.8 Å². The number of ether oxygens (including phenoxy) is 2. The molecule has 2 aliphatic heterocycles. The van der Waals surface area contributed by atoms with Crippen molar-refractivity contribution in [2.45, 2.75) is 12.5 Å². The summed E-state index contributed by atoms with van der Waals surface area (Å²) in [4.78, 5) is 19.2. The van der Waals surface area contributed by atoms with Crippen molar-refractivity contribution in [2.75, 3.05) is 19.9 Å². The molecule has 4 aromatic rings. The minimum absolute atomic E-state index is 0.0192. The summed E-state index contributed by atoms with van der Waals surface area (Å²) >= 11 is 0. The van der Waals surface area contributed by atoms with Crippen LogP contribution in [0.15, 0.2) is 59.3 Å². The molecule has 1 saturated heterocycles. The van der Waals surface area contributed by atoms with Crippen LogP contribution in [0.5, 0.6) is 11.5 Å². The van der Waals surface area contributed by atoms with Gasteiger partial charge in [0.15, 0.2) is 17.2 Å². The van der Waals surface area contributed by atoms with Crippen molar-refractivity contribution in [1.29, 1.82) is 0 Å². The number of aromatic nitrogens is 5. The molecule has 2 aromatic heterocycles. The van der Waals surface area contributed by atoms with Gasteiger partial charge in [-0.3, -0.25) is 4.79 Å². The number of amides is 1. The third kappa shape index (κ3) is 3.25. The van der Waals surface area contributed by atoms with E-state index in [0.717, 1.165) is 12.0 Å². The number of rotatable bonds is 4. The highest BCUT2D eigenvalue weighted by Crippen LogP contribution is 2.33. The summed E-state index contributed by atoms with van der Waals surface area (Å²) in [6, 6.07) is 14.9. The third-order valence-corrected chi connectivity index (χ3v) is 5.63. The molecular weight excluding hydrogens is 412 g/mol. The van der Waals surface area contributed by atoms with Crippen molar-refractivity contribution in [3.05, 3.63) is 60.3 Å². The summed E-state index contributed by atoms with van der Waals surface area (Å²) in [5.41, 5.74) is 1.94. The standard InChI is InChI=1S/C22H18N6O4/c29-22(15-6-7-18-19(10-15)31-13-30-18)27-9-8-16(11-27)28-12-17(24-26-28)21-23-20(25-32-21)14-4-2-1-3-5-14/h1-7,10,12,16H,8-9,11,13H2/t16-/m1/s1. The largest absolute Gasteiger partial charge is 0.454 e. The molecule has 6 rings (SSSR count). The number of nitrogens with zero attached hydrogens (tertiary/aromatic N) is 6. The second-order valence-electron chi connectivity index (χ2n) is 7.63. The van der Waals surface area contributed by atoms with E-state index in [4.69, 9.17) is 14.0 Å². The first-order valence-electron chi connectivity index (χ1n) is 10.2. The first-order chi connectivity index (χ1) is 15.7. The van der Waals surface area contributed by atoms with E-state index in [9.17, 15) is 4.79 Å². The lowest BCUT2D eigenvalue weighted by Gasteiger charge is -2.16. The van der Waals surface area contributed by atoms with Crippen molar-refractivity contribution < 1.29 is 18.8 Å². The fraction of sp³-hybridized carbons (Fsp3) is 0.227. The Balaban J connectivity index is 1.16. The number of benzene rings is 2. The molecule has 160 valence electrons. The average molecular weight is 430 g/mol. The Bertz CT molecular complexity index is 1280. The molecule has 2 aliphatic rings. The molecule has 0 aliphatic carbocycles. The molecule has 10 heteroatoms. The second kappa shape index (κ2) is 7.49. The quantitative estimate of drug-likeness (QED) is 0.486. The maximum Gasteiger partial charge on any atom is 0.280 e. The number of likely N-dealkylation sites (tertiary alicyclic amines) is 1. The summed E-state index contributed by atoms with van der Waals surface area (Å²) in [6.07, 6.45) is 2.56. The van der Waals surface area contributed by atoms with Crippen LogP contribution in [0, 0.1) is 0 Å². The Morgan fingerprint density at radius 1 is 1.06 bits per heavy atom. The maximum absolute atomic E-state index is 12.9. The van der Waals surface area contributed by atoms with E-state index in [1.165, 1.54) is 0 Å². The van der Waals surface area contributed by atoms with Gasteiger partial charge >= 0.3 is 0 Å². The first-order valence-corrected chi connectivity index (χ1v) is 10.2. The van der Waals surface area contributed by atoms with Crippen LogP contribution in [-0.4, -0.2) is 55.8 Å². The van der Waals surface area contributed by atoms with Gasteiger partial charge < -0.3 is 18.9 Å². The van der Waals surface area contributed by atoms with Crippen molar-refractivity contribution in [1.82, 2.24) is 30.0 Å². The smallest absolute Gasteiger partial charge is 0.280 e. The molecule has 0 unspecified atom stereocenters. The zero-order valence-electron chi connectivity index (χ0n) is 16.9. The highest BCUT2D eigenvalue weighted by molar-refractivity contribution is 5.95. The van der Waals surface area contributed by atoms with Gasteiger partial charge in [-0.2, -0.15) is 4.98 Å². The zero-order valence-corrected chi connectivity index (χ0v) is 16.9. The average Bonchev–Trinajstić information content (AvgIpc) is 3.63. The lowest BCUT2D eigenvalue weighted by Crippen LogP contribution is -2.29. The lowest BCUT2D eigenvalue weighted by atomic mass is 10.2. The van der Waals surface area contributed by atoms with Crippen LogP contribution in [0.3, 0.4) is 0 Å². The Morgan fingerprint density at radius 2 is 1.94 bits per heavy atom. The van der Waals surface area contributed by atoms with Gasteiger partial charge in [-0.25, -0.2) is 4.68 Å². The highest BCUT2D eigenvalue weighted by Gasteiger charge is 2.30. The van der Waals surface area contributed by atoms with Crippen LogP contribution < -0.4 is 9.47 Å². The first kappa shape index (κ1) is 18.6. The van der Waals surface area contributed by atoms with Crippen molar-refractivity contribution in [3.63, 3.8) is 0 Å². The fourth-order valence-corrected chi connectivity index (χ4v) is 3.94. The molecule has 1 amide bonds. The van der Waals surface area contributed by atoms with Crippen LogP contribution in [0.25, 0.3) is 23.0 Å². The number of carbonyl (C=O) groups excluding carboxylic acids is 1. The molecule has 1 fully saturated rings. The van der Waals surface area contributed by atoms with Gasteiger partial charge in [0, 0.05) is 24.2 Å². The summed E-state index contributed by atoms with van der Waals surface area (Å²) in [5, 5.41) is 12.5. The minimum Gasteiger partial charge on any atom is -0.454 e. The summed E-state index contributed by atoms with van der Waals surface area (Å²) in [5.74, 6) is 2.02. The van der Waals surface area contributed by atoms with Gasteiger partial charge in [0.1, 0.15) is 0 Å². The summed E-state index contributed by atoms with van der Waals surface area (Å²) in [7, 11) is 0. The Kier molecular flexibility index (Phi) is 4.34. The molecule has 2 aromatic carbocycles. The van der Waals surface area contributed by atoms with Crippen LogP contribution in [0.1, 0.15) is 22.8 Å².